The predicted molar refractivity (Wildman–Crippen MR) is 86.0 cm³/mol. The van der Waals surface area contributed by atoms with E-state index in [0.29, 0.717) is 5.56 Å². The monoisotopic (exact) mass is 300 g/mol. The van der Waals surface area contributed by atoms with E-state index < -0.39 is 0 Å². The van der Waals surface area contributed by atoms with Crippen molar-refractivity contribution < 1.29 is 9.13 Å². The molecule has 116 valence electrons. The highest BCUT2D eigenvalue weighted by molar-refractivity contribution is 5.64. The molecular formula is C18H21FN2O. The Hall–Kier alpha value is -1.75. The van der Waals surface area contributed by atoms with E-state index in [2.05, 4.69) is 4.90 Å². The van der Waals surface area contributed by atoms with Crippen molar-refractivity contribution in [1.29, 1.82) is 0 Å². The van der Waals surface area contributed by atoms with Gasteiger partial charge in [0.15, 0.2) is 0 Å². The Bertz CT molecular complexity index is 609. The van der Waals surface area contributed by atoms with Crippen LogP contribution in [0.4, 0.5) is 4.39 Å². The quantitative estimate of drug-likeness (QED) is 0.943. The van der Waals surface area contributed by atoms with Gasteiger partial charge in [0.05, 0.1) is 13.2 Å². The van der Waals surface area contributed by atoms with Crippen LogP contribution in [0.1, 0.15) is 11.6 Å². The van der Waals surface area contributed by atoms with Crippen molar-refractivity contribution in [2.75, 3.05) is 32.8 Å². The van der Waals surface area contributed by atoms with Crippen LogP contribution in [0.25, 0.3) is 11.1 Å². The Morgan fingerprint density at radius 1 is 1.05 bits per heavy atom. The van der Waals surface area contributed by atoms with E-state index in [4.69, 9.17) is 10.5 Å². The zero-order valence-electron chi connectivity index (χ0n) is 12.5. The summed E-state index contributed by atoms with van der Waals surface area (Å²) in [5.74, 6) is -0.201. The minimum atomic E-state index is -0.201. The molecule has 0 amide bonds. The fourth-order valence-corrected chi connectivity index (χ4v) is 2.77. The van der Waals surface area contributed by atoms with Crippen LogP contribution in [0.5, 0.6) is 0 Å². The number of rotatable bonds is 4. The van der Waals surface area contributed by atoms with Crippen molar-refractivity contribution in [2.24, 2.45) is 5.73 Å². The third-order valence-electron chi connectivity index (χ3n) is 4.08. The average Bonchev–Trinajstić information content (AvgIpc) is 2.56. The SMILES string of the molecule is N[C@@H](CN1CCOCC1)c1ccc(-c2ccccc2F)cc1. The maximum Gasteiger partial charge on any atom is 0.131 e. The van der Waals surface area contributed by atoms with Gasteiger partial charge in [0.25, 0.3) is 0 Å². The summed E-state index contributed by atoms with van der Waals surface area (Å²) in [6, 6.07) is 14.6. The van der Waals surface area contributed by atoms with Gasteiger partial charge in [0.1, 0.15) is 5.82 Å². The molecule has 0 unspecified atom stereocenters. The lowest BCUT2D eigenvalue weighted by molar-refractivity contribution is 0.0352. The van der Waals surface area contributed by atoms with Crippen LogP contribution in [0.2, 0.25) is 0 Å². The fourth-order valence-electron chi connectivity index (χ4n) is 2.77. The molecule has 0 bridgehead atoms. The van der Waals surface area contributed by atoms with Crippen LogP contribution in [-0.4, -0.2) is 37.7 Å². The second kappa shape index (κ2) is 7.01. The van der Waals surface area contributed by atoms with Gasteiger partial charge in [0, 0.05) is 31.2 Å². The van der Waals surface area contributed by atoms with E-state index in [9.17, 15) is 4.39 Å². The van der Waals surface area contributed by atoms with E-state index >= 15 is 0 Å². The first-order valence-electron chi connectivity index (χ1n) is 7.64. The molecule has 2 aromatic rings. The highest BCUT2D eigenvalue weighted by Crippen LogP contribution is 2.24. The predicted octanol–water partition coefficient (Wildman–Crippen LogP) is 2.82. The number of benzene rings is 2. The summed E-state index contributed by atoms with van der Waals surface area (Å²) >= 11 is 0. The number of nitrogens with zero attached hydrogens (tertiary/aromatic N) is 1. The molecule has 0 saturated carbocycles. The third kappa shape index (κ3) is 3.53. The zero-order chi connectivity index (χ0) is 15.4. The molecule has 1 fully saturated rings. The maximum absolute atomic E-state index is 13.8. The second-order valence-electron chi connectivity index (χ2n) is 5.62. The summed E-state index contributed by atoms with van der Waals surface area (Å²) in [5, 5.41) is 0. The summed E-state index contributed by atoms with van der Waals surface area (Å²) < 4.78 is 19.1. The van der Waals surface area contributed by atoms with Crippen LogP contribution >= 0.6 is 0 Å². The molecule has 22 heavy (non-hydrogen) atoms. The van der Waals surface area contributed by atoms with Crippen LogP contribution in [0.3, 0.4) is 0 Å². The van der Waals surface area contributed by atoms with Gasteiger partial charge in [-0.2, -0.15) is 0 Å². The molecule has 0 aliphatic carbocycles. The first-order chi connectivity index (χ1) is 10.7. The molecule has 3 rings (SSSR count). The highest BCUT2D eigenvalue weighted by Gasteiger charge is 2.15. The average molecular weight is 300 g/mol. The zero-order valence-corrected chi connectivity index (χ0v) is 12.5. The lowest BCUT2D eigenvalue weighted by atomic mass is 10.0. The van der Waals surface area contributed by atoms with Gasteiger partial charge >= 0.3 is 0 Å². The van der Waals surface area contributed by atoms with E-state index in [1.165, 1.54) is 6.07 Å². The highest BCUT2D eigenvalue weighted by atomic mass is 19.1. The van der Waals surface area contributed by atoms with Gasteiger partial charge in [-0.05, 0) is 17.2 Å². The van der Waals surface area contributed by atoms with Crippen molar-refractivity contribution >= 4 is 0 Å². The van der Waals surface area contributed by atoms with Gasteiger partial charge in [-0.25, -0.2) is 4.39 Å². The van der Waals surface area contributed by atoms with Crippen LogP contribution < -0.4 is 5.73 Å². The molecular weight excluding hydrogens is 279 g/mol. The van der Waals surface area contributed by atoms with Crippen LogP contribution in [0, 0.1) is 5.82 Å². The molecule has 4 heteroatoms. The van der Waals surface area contributed by atoms with E-state index in [1.807, 2.05) is 30.3 Å². The Morgan fingerprint density at radius 2 is 1.73 bits per heavy atom. The molecule has 1 saturated heterocycles. The van der Waals surface area contributed by atoms with Gasteiger partial charge in [-0.3, -0.25) is 4.90 Å². The van der Waals surface area contributed by atoms with Crippen molar-refractivity contribution in [1.82, 2.24) is 4.90 Å². The van der Waals surface area contributed by atoms with Gasteiger partial charge < -0.3 is 10.5 Å². The molecule has 1 heterocycles. The summed E-state index contributed by atoms with van der Waals surface area (Å²) in [4.78, 5) is 2.32. The van der Waals surface area contributed by atoms with Crippen molar-refractivity contribution in [3.63, 3.8) is 0 Å². The summed E-state index contributed by atoms with van der Waals surface area (Å²) in [6.45, 7) is 4.24. The topological polar surface area (TPSA) is 38.5 Å². The lowest BCUT2D eigenvalue weighted by Gasteiger charge is -2.29. The fraction of sp³-hybridized carbons (Fsp3) is 0.333. The first kappa shape index (κ1) is 15.2. The van der Waals surface area contributed by atoms with Gasteiger partial charge in [-0.15, -0.1) is 0 Å². The third-order valence-corrected chi connectivity index (χ3v) is 4.08. The minimum Gasteiger partial charge on any atom is -0.379 e. The van der Waals surface area contributed by atoms with E-state index in [0.717, 1.165) is 44.0 Å². The molecule has 0 radical (unpaired) electrons. The lowest BCUT2D eigenvalue weighted by Crippen LogP contribution is -2.40. The van der Waals surface area contributed by atoms with Crippen molar-refractivity contribution in [3.05, 3.63) is 59.9 Å². The molecule has 1 atom stereocenters. The molecule has 1 aliphatic heterocycles. The van der Waals surface area contributed by atoms with Gasteiger partial charge in [0.2, 0.25) is 0 Å². The van der Waals surface area contributed by atoms with Gasteiger partial charge in [-0.1, -0.05) is 42.5 Å². The number of ether oxygens (including phenoxy) is 1. The Labute approximate surface area is 130 Å². The summed E-state index contributed by atoms with van der Waals surface area (Å²) in [6.07, 6.45) is 0. The largest absolute Gasteiger partial charge is 0.379 e. The number of halogens is 1. The number of nitrogens with two attached hydrogens (primary N) is 1. The van der Waals surface area contributed by atoms with Crippen LogP contribution in [0.15, 0.2) is 48.5 Å². The molecule has 1 aliphatic rings. The second-order valence-corrected chi connectivity index (χ2v) is 5.62. The number of hydrogen-bond acceptors (Lipinski definition) is 3. The smallest absolute Gasteiger partial charge is 0.131 e. The van der Waals surface area contributed by atoms with Crippen molar-refractivity contribution in [2.45, 2.75) is 6.04 Å². The molecule has 2 N–H and O–H groups in total. The standard InChI is InChI=1S/C18H21FN2O/c19-17-4-2-1-3-16(17)14-5-7-15(8-6-14)18(20)13-21-9-11-22-12-10-21/h1-8,18H,9-13,20H2/t18-/m0/s1. The molecule has 0 aromatic heterocycles. The van der Waals surface area contributed by atoms with E-state index in [1.54, 1.807) is 12.1 Å². The summed E-state index contributed by atoms with van der Waals surface area (Å²) in [5.41, 5.74) is 8.86. The maximum atomic E-state index is 13.8. The number of hydrogen-bond donors (Lipinski definition) is 1. The Balaban J connectivity index is 1.69. The minimum absolute atomic E-state index is 0.0345. The summed E-state index contributed by atoms with van der Waals surface area (Å²) in [7, 11) is 0. The number of morpholine rings is 1. The molecule has 0 spiro atoms. The molecule has 2 aromatic carbocycles. The Kier molecular flexibility index (Phi) is 4.83. The normalized spacial score (nSPS) is 17.4. The Morgan fingerprint density at radius 3 is 2.41 bits per heavy atom. The molecule has 3 nitrogen and oxygen atoms in total. The van der Waals surface area contributed by atoms with Crippen molar-refractivity contribution in [3.8, 4) is 11.1 Å². The van der Waals surface area contributed by atoms with E-state index in [-0.39, 0.29) is 11.9 Å². The van der Waals surface area contributed by atoms with Crippen LogP contribution in [-0.2, 0) is 4.74 Å². The first-order valence-corrected chi connectivity index (χ1v) is 7.64.